The minimum absolute atomic E-state index is 0.0128. The average molecular weight is 496 g/mol. The van der Waals surface area contributed by atoms with Gasteiger partial charge in [0.2, 0.25) is 0 Å². The summed E-state index contributed by atoms with van der Waals surface area (Å²) in [5.74, 6) is -0.330. The van der Waals surface area contributed by atoms with Crippen molar-refractivity contribution in [2.45, 2.75) is 31.6 Å². The predicted molar refractivity (Wildman–Crippen MR) is 140 cm³/mol. The van der Waals surface area contributed by atoms with Gasteiger partial charge in [-0.15, -0.1) is 0 Å². The maximum Gasteiger partial charge on any atom is 0.336 e. The third-order valence-electron chi connectivity index (χ3n) is 6.85. The molecule has 6 heteroatoms. The van der Waals surface area contributed by atoms with Gasteiger partial charge in [-0.05, 0) is 54.7 Å². The molecule has 0 saturated carbocycles. The summed E-state index contributed by atoms with van der Waals surface area (Å²) in [5.41, 5.74) is 4.18. The van der Waals surface area contributed by atoms with Crippen molar-refractivity contribution in [1.29, 1.82) is 0 Å². The van der Waals surface area contributed by atoms with Gasteiger partial charge in [0.25, 0.3) is 0 Å². The lowest BCUT2D eigenvalue weighted by Gasteiger charge is -2.36. The molecular formula is C31H29NO5. The monoisotopic (exact) mass is 495 g/mol. The highest BCUT2D eigenvalue weighted by molar-refractivity contribution is 6.04. The third kappa shape index (κ3) is 5.28. The molecular weight excluding hydrogens is 466 g/mol. The zero-order valence-electron chi connectivity index (χ0n) is 20.6. The Morgan fingerprint density at radius 3 is 2.35 bits per heavy atom. The number of carbonyl (C=O) groups excluding carboxylic acids is 2. The summed E-state index contributed by atoms with van der Waals surface area (Å²) < 4.78 is 11.3. The van der Waals surface area contributed by atoms with Crippen molar-refractivity contribution in [1.82, 2.24) is 5.32 Å². The molecule has 2 N–H and O–H groups in total. The lowest BCUT2D eigenvalue weighted by molar-refractivity contribution is -0.140. The molecule has 0 amide bonds. The molecule has 0 radical (unpaired) electrons. The van der Waals surface area contributed by atoms with Gasteiger partial charge in [-0.2, -0.15) is 0 Å². The highest BCUT2D eigenvalue weighted by Gasteiger charge is 2.41. The number of hydrogen-bond acceptors (Lipinski definition) is 6. The summed E-state index contributed by atoms with van der Waals surface area (Å²) in [6.45, 7) is 2.10. The SMILES string of the molecule is CC1=C(C(=O)OCCOc2ccccc2)[C@@H](c2cccc(O)c2)C2=C(C[C@@H](c3ccccc3)CC2=O)N1. The van der Waals surface area contributed by atoms with E-state index in [0.717, 1.165) is 11.3 Å². The van der Waals surface area contributed by atoms with Gasteiger partial charge in [0, 0.05) is 29.3 Å². The maximum absolute atomic E-state index is 13.6. The maximum atomic E-state index is 13.6. The quantitative estimate of drug-likeness (QED) is 0.338. The number of nitrogens with one attached hydrogen (secondary N) is 1. The van der Waals surface area contributed by atoms with Crippen LogP contribution in [-0.4, -0.2) is 30.1 Å². The molecule has 0 unspecified atom stereocenters. The van der Waals surface area contributed by atoms with E-state index in [1.54, 1.807) is 18.2 Å². The molecule has 1 aliphatic heterocycles. The number of para-hydroxylation sites is 1. The lowest BCUT2D eigenvalue weighted by Crippen LogP contribution is -2.36. The summed E-state index contributed by atoms with van der Waals surface area (Å²) >= 11 is 0. The first-order valence-corrected chi connectivity index (χ1v) is 12.4. The number of ketones is 1. The number of phenols is 1. The van der Waals surface area contributed by atoms with Crippen molar-refractivity contribution in [3.05, 3.63) is 119 Å². The van der Waals surface area contributed by atoms with Gasteiger partial charge in [-0.3, -0.25) is 4.79 Å². The fraction of sp³-hybridized carbons (Fsp3) is 0.226. The Balaban J connectivity index is 1.42. The minimum atomic E-state index is -0.630. The highest BCUT2D eigenvalue weighted by Crippen LogP contribution is 2.46. The standard InChI is InChI=1S/C31H29NO5/c1-20-28(31(35)37-16-15-36-25-13-6-3-7-14-25)29(22-11-8-12-24(33)17-22)30-26(32-20)18-23(19-27(30)34)21-9-4-2-5-10-21/h2-14,17,23,29,32-33H,15-16,18-19H2,1H3/t23-,29-/m1/s1. The van der Waals surface area contributed by atoms with Crippen LogP contribution in [0, 0.1) is 0 Å². The third-order valence-corrected chi connectivity index (χ3v) is 6.85. The van der Waals surface area contributed by atoms with Crippen LogP contribution in [0.15, 0.2) is 107 Å². The van der Waals surface area contributed by atoms with Crippen LogP contribution >= 0.6 is 0 Å². The van der Waals surface area contributed by atoms with Crippen LogP contribution in [0.25, 0.3) is 0 Å². The Morgan fingerprint density at radius 2 is 1.62 bits per heavy atom. The van der Waals surface area contributed by atoms with E-state index in [-0.39, 0.29) is 30.7 Å². The summed E-state index contributed by atoms with van der Waals surface area (Å²) in [4.78, 5) is 27.0. The van der Waals surface area contributed by atoms with Gasteiger partial charge in [0.15, 0.2) is 5.78 Å². The molecule has 0 spiro atoms. The van der Waals surface area contributed by atoms with Crippen molar-refractivity contribution >= 4 is 11.8 Å². The van der Waals surface area contributed by atoms with E-state index in [4.69, 9.17) is 9.47 Å². The van der Waals surface area contributed by atoms with E-state index in [1.807, 2.05) is 73.7 Å². The fourth-order valence-electron chi connectivity index (χ4n) is 5.20. The van der Waals surface area contributed by atoms with E-state index >= 15 is 0 Å². The number of dihydropyridines is 1. The van der Waals surface area contributed by atoms with Crippen LogP contribution in [0.1, 0.15) is 42.7 Å². The number of hydrogen-bond donors (Lipinski definition) is 2. The first kappa shape index (κ1) is 24.4. The zero-order valence-corrected chi connectivity index (χ0v) is 20.6. The van der Waals surface area contributed by atoms with Crippen LogP contribution in [0.3, 0.4) is 0 Å². The second kappa shape index (κ2) is 10.7. The van der Waals surface area contributed by atoms with Gasteiger partial charge in [-0.25, -0.2) is 4.79 Å². The number of rotatable bonds is 7. The molecule has 1 heterocycles. The van der Waals surface area contributed by atoms with E-state index < -0.39 is 11.9 Å². The molecule has 0 bridgehead atoms. The summed E-state index contributed by atoms with van der Waals surface area (Å²) in [7, 11) is 0. The second-order valence-corrected chi connectivity index (χ2v) is 9.32. The van der Waals surface area contributed by atoms with Gasteiger partial charge < -0.3 is 19.9 Å². The first-order chi connectivity index (χ1) is 18.0. The molecule has 6 nitrogen and oxygen atoms in total. The number of phenolic OH excluding ortho intramolecular Hbond substituents is 1. The smallest absolute Gasteiger partial charge is 0.336 e. The first-order valence-electron chi connectivity index (χ1n) is 12.4. The van der Waals surface area contributed by atoms with Crippen molar-refractivity contribution in [2.75, 3.05) is 13.2 Å². The number of benzene rings is 3. The van der Waals surface area contributed by atoms with Crippen molar-refractivity contribution in [3.8, 4) is 11.5 Å². The molecule has 188 valence electrons. The molecule has 1 aliphatic carbocycles. The Kier molecular flexibility index (Phi) is 7.08. The Labute approximate surface area is 216 Å². The van der Waals surface area contributed by atoms with Gasteiger partial charge in [0.1, 0.15) is 24.7 Å². The number of ether oxygens (including phenoxy) is 2. The van der Waals surface area contributed by atoms with Crippen LogP contribution in [-0.2, 0) is 14.3 Å². The minimum Gasteiger partial charge on any atom is -0.508 e. The number of Topliss-reactive ketones (excluding diaryl/α,β-unsaturated/α-hetero) is 1. The molecule has 0 saturated heterocycles. The topological polar surface area (TPSA) is 84.9 Å². The predicted octanol–water partition coefficient (Wildman–Crippen LogP) is 5.38. The number of aromatic hydroxyl groups is 1. The van der Waals surface area contributed by atoms with E-state index in [0.29, 0.717) is 41.0 Å². The molecule has 3 aromatic rings. The Hall–Kier alpha value is -4.32. The van der Waals surface area contributed by atoms with Gasteiger partial charge >= 0.3 is 5.97 Å². The van der Waals surface area contributed by atoms with E-state index in [2.05, 4.69) is 5.32 Å². The Morgan fingerprint density at radius 1 is 0.919 bits per heavy atom. The average Bonchev–Trinajstić information content (AvgIpc) is 2.91. The number of esters is 1. The van der Waals surface area contributed by atoms with E-state index in [1.165, 1.54) is 0 Å². The van der Waals surface area contributed by atoms with Crippen LogP contribution in [0.4, 0.5) is 0 Å². The molecule has 0 aromatic heterocycles. The largest absolute Gasteiger partial charge is 0.508 e. The normalized spacial score (nSPS) is 19.2. The molecule has 37 heavy (non-hydrogen) atoms. The van der Waals surface area contributed by atoms with E-state index in [9.17, 15) is 14.7 Å². The molecule has 5 rings (SSSR count). The number of allylic oxidation sites excluding steroid dienone is 3. The molecule has 3 aromatic carbocycles. The van der Waals surface area contributed by atoms with Crippen molar-refractivity contribution in [3.63, 3.8) is 0 Å². The fourth-order valence-corrected chi connectivity index (χ4v) is 5.20. The highest BCUT2D eigenvalue weighted by atomic mass is 16.6. The summed E-state index contributed by atoms with van der Waals surface area (Å²) in [6, 6.07) is 26.1. The molecule has 0 fully saturated rings. The second-order valence-electron chi connectivity index (χ2n) is 9.32. The van der Waals surface area contributed by atoms with Crippen LogP contribution < -0.4 is 10.1 Å². The summed E-state index contributed by atoms with van der Waals surface area (Å²) in [6.07, 6.45) is 1.01. The van der Waals surface area contributed by atoms with Gasteiger partial charge in [0.05, 0.1) is 5.57 Å². The zero-order chi connectivity index (χ0) is 25.8. The summed E-state index contributed by atoms with van der Waals surface area (Å²) in [5, 5.41) is 13.6. The van der Waals surface area contributed by atoms with Crippen LogP contribution in [0.2, 0.25) is 0 Å². The molecule has 2 aliphatic rings. The van der Waals surface area contributed by atoms with Crippen molar-refractivity contribution in [2.24, 2.45) is 0 Å². The Bertz CT molecular complexity index is 1360. The molecule has 2 atom stereocenters. The van der Waals surface area contributed by atoms with Crippen LogP contribution in [0.5, 0.6) is 11.5 Å². The van der Waals surface area contributed by atoms with Crippen molar-refractivity contribution < 1.29 is 24.2 Å². The number of carbonyl (C=O) groups is 2. The van der Waals surface area contributed by atoms with Gasteiger partial charge in [-0.1, -0.05) is 60.7 Å². The lowest BCUT2D eigenvalue weighted by atomic mass is 9.71.